The molecule has 4 rings (SSSR count). The summed E-state index contributed by atoms with van der Waals surface area (Å²) in [4.78, 5) is 14.4. The second-order valence-electron chi connectivity index (χ2n) is 8.39. The molecule has 1 unspecified atom stereocenters. The van der Waals surface area contributed by atoms with Crippen molar-refractivity contribution in [1.29, 1.82) is 0 Å². The molecular formula is C27H27BrINO3. The van der Waals surface area contributed by atoms with Gasteiger partial charge in [0.25, 0.3) is 0 Å². The standard InChI is InChI=1S/C27H27BrINO3/c1-19-22(10-7-11-23(19)21-8-3-2-4-9-21)18-32-26-14-13-20(16-24(26)28)17-30-15-6-5-12-25(30)27(31)33-29/h2-4,7-11,13-14,16,25H,5-6,12,15,17-18H2,1H3. The highest BCUT2D eigenvalue weighted by Gasteiger charge is 2.29. The summed E-state index contributed by atoms with van der Waals surface area (Å²) in [5.41, 5.74) is 5.98. The molecule has 0 amide bonds. The van der Waals surface area contributed by atoms with Crippen LogP contribution in [0.2, 0.25) is 0 Å². The Morgan fingerprint density at radius 3 is 2.67 bits per heavy atom. The molecule has 0 spiro atoms. The lowest BCUT2D eigenvalue weighted by molar-refractivity contribution is -0.138. The van der Waals surface area contributed by atoms with Gasteiger partial charge in [0.1, 0.15) is 18.4 Å². The summed E-state index contributed by atoms with van der Waals surface area (Å²) in [5.74, 6) is 0.660. The Morgan fingerprint density at radius 2 is 1.91 bits per heavy atom. The lowest BCUT2D eigenvalue weighted by Gasteiger charge is -2.33. The van der Waals surface area contributed by atoms with Gasteiger partial charge in [-0.25, -0.2) is 4.79 Å². The average molecular weight is 620 g/mol. The molecule has 0 saturated carbocycles. The molecule has 1 aliphatic rings. The van der Waals surface area contributed by atoms with Crippen LogP contribution in [0.4, 0.5) is 0 Å². The molecule has 1 heterocycles. The molecule has 172 valence electrons. The molecule has 4 nitrogen and oxygen atoms in total. The number of hydrogen-bond acceptors (Lipinski definition) is 4. The van der Waals surface area contributed by atoms with E-state index in [4.69, 9.17) is 7.80 Å². The third-order valence-electron chi connectivity index (χ3n) is 6.26. The quantitative estimate of drug-likeness (QED) is 0.261. The first-order valence-electron chi connectivity index (χ1n) is 11.2. The van der Waals surface area contributed by atoms with Crippen molar-refractivity contribution in [2.24, 2.45) is 0 Å². The monoisotopic (exact) mass is 619 g/mol. The summed E-state index contributed by atoms with van der Waals surface area (Å²) < 4.78 is 12.1. The largest absolute Gasteiger partial charge is 0.488 e. The van der Waals surface area contributed by atoms with Crippen molar-refractivity contribution in [3.63, 3.8) is 0 Å². The van der Waals surface area contributed by atoms with Crippen LogP contribution in [0, 0.1) is 6.92 Å². The SMILES string of the molecule is Cc1c(COc2ccc(CN3CCCCC3C(=O)OI)cc2Br)cccc1-c1ccccc1. The van der Waals surface area contributed by atoms with Gasteiger partial charge in [-0.15, -0.1) is 0 Å². The van der Waals surface area contributed by atoms with Gasteiger partial charge in [-0.3, -0.25) is 4.90 Å². The molecule has 1 fully saturated rings. The summed E-state index contributed by atoms with van der Waals surface area (Å²) >= 11 is 5.36. The van der Waals surface area contributed by atoms with Crippen LogP contribution < -0.4 is 4.74 Å². The minimum absolute atomic E-state index is 0.151. The number of ether oxygens (including phenoxy) is 1. The molecule has 3 aromatic carbocycles. The highest BCUT2D eigenvalue weighted by molar-refractivity contribution is 14.1. The van der Waals surface area contributed by atoms with Crippen LogP contribution in [0.15, 0.2) is 71.2 Å². The fourth-order valence-corrected chi connectivity index (χ4v) is 5.25. The predicted molar refractivity (Wildman–Crippen MR) is 143 cm³/mol. The molecule has 1 aliphatic heterocycles. The second-order valence-corrected chi connectivity index (χ2v) is 9.68. The molecule has 0 aromatic heterocycles. The van der Waals surface area contributed by atoms with Crippen LogP contribution in [0.3, 0.4) is 0 Å². The predicted octanol–water partition coefficient (Wildman–Crippen LogP) is 7.25. The molecule has 1 saturated heterocycles. The molecule has 0 N–H and O–H groups in total. The Labute approximate surface area is 218 Å². The first kappa shape index (κ1) is 24.2. The number of carbonyl (C=O) groups excluding carboxylic acids is 1. The summed E-state index contributed by atoms with van der Waals surface area (Å²) in [7, 11) is 0. The number of piperidine rings is 1. The fourth-order valence-electron chi connectivity index (χ4n) is 4.42. The lowest BCUT2D eigenvalue weighted by Crippen LogP contribution is -2.44. The van der Waals surface area contributed by atoms with Gasteiger partial charge in [-0.2, -0.15) is 0 Å². The van der Waals surface area contributed by atoms with E-state index in [-0.39, 0.29) is 12.0 Å². The van der Waals surface area contributed by atoms with E-state index in [2.05, 4.69) is 82.4 Å². The highest BCUT2D eigenvalue weighted by atomic mass is 127. The van der Waals surface area contributed by atoms with Gasteiger partial charge >= 0.3 is 5.97 Å². The molecular weight excluding hydrogens is 593 g/mol. The third kappa shape index (κ3) is 5.97. The van der Waals surface area contributed by atoms with Crippen LogP contribution in [0.25, 0.3) is 11.1 Å². The van der Waals surface area contributed by atoms with Crippen molar-refractivity contribution in [1.82, 2.24) is 4.90 Å². The maximum absolute atomic E-state index is 12.1. The number of benzene rings is 3. The molecule has 0 radical (unpaired) electrons. The van der Waals surface area contributed by atoms with Crippen molar-refractivity contribution in [2.75, 3.05) is 6.54 Å². The first-order chi connectivity index (χ1) is 16.1. The molecule has 0 bridgehead atoms. The second kappa shape index (κ2) is 11.5. The van der Waals surface area contributed by atoms with E-state index in [9.17, 15) is 4.79 Å². The Hall–Kier alpha value is -1.90. The van der Waals surface area contributed by atoms with E-state index < -0.39 is 0 Å². The minimum Gasteiger partial charge on any atom is -0.488 e. The molecule has 3 aromatic rings. The normalized spacial score (nSPS) is 16.4. The zero-order valence-corrected chi connectivity index (χ0v) is 22.3. The molecule has 33 heavy (non-hydrogen) atoms. The van der Waals surface area contributed by atoms with Crippen LogP contribution in [0.5, 0.6) is 5.75 Å². The Morgan fingerprint density at radius 1 is 1.09 bits per heavy atom. The topological polar surface area (TPSA) is 38.8 Å². The van der Waals surface area contributed by atoms with Crippen LogP contribution in [0.1, 0.15) is 36.0 Å². The number of rotatable bonds is 7. The van der Waals surface area contributed by atoms with Gasteiger partial charge in [0.05, 0.1) is 4.47 Å². The number of hydrogen-bond donors (Lipinski definition) is 0. The van der Waals surface area contributed by atoms with Gasteiger partial charge in [-0.1, -0.05) is 61.0 Å². The van der Waals surface area contributed by atoms with Crippen molar-refractivity contribution in [3.05, 3.63) is 87.9 Å². The highest BCUT2D eigenvalue weighted by Crippen LogP contribution is 2.31. The van der Waals surface area contributed by atoms with Gasteiger partial charge in [0.2, 0.25) is 0 Å². The summed E-state index contributed by atoms with van der Waals surface area (Å²) in [6, 6.07) is 22.8. The number of nitrogens with zero attached hydrogens (tertiary/aromatic N) is 1. The van der Waals surface area contributed by atoms with Gasteiger partial charge in [-0.05, 0) is 82.2 Å². The van der Waals surface area contributed by atoms with E-state index in [1.165, 1.54) is 22.3 Å². The lowest BCUT2D eigenvalue weighted by atomic mass is 9.97. The van der Waals surface area contributed by atoms with E-state index in [1.54, 1.807) is 23.0 Å². The first-order valence-corrected chi connectivity index (χ1v) is 12.9. The minimum atomic E-state index is -0.162. The van der Waals surface area contributed by atoms with Crippen molar-refractivity contribution in [3.8, 4) is 16.9 Å². The number of halogens is 2. The number of carbonyl (C=O) groups is 1. The zero-order valence-electron chi connectivity index (χ0n) is 18.6. The van der Waals surface area contributed by atoms with Crippen LogP contribution in [-0.4, -0.2) is 23.5 Å². The maximum atomic E-state index is 12.1. The smallest absolute Gasteiger partial charge is 0.332 e. The molecule has 0 aliphatic carbocycles. The van der Waals surface area contributed by atoms with Crippen LogP contribution >= 0.6 is 38.9 Å². The zero-order chi connectivity index (χ0) is 23.2. The third-order valence-corrected chi connectivity index (χ3v) is 7.31. The van der Waals surface area contributed by atoms with Crippen molar-refractivity contribution in [2.45, 2.75) is 45.4 Å². The van der Waals surface area contributed by atoms with Crippen LogP contribution in [-0.2, 0) is 21.0 Å². The van der Waals surface area contributed by atoms with Gasteiger partial charge < -0.3 is 7.80 Å². The summed E-state index contributed by atoms with van der Waals surface area (Å²) in [5, 5.41) is 0. The summed E-state index contributed by atoms with van der Waals surface area (Å²) in [6.45, 7) is 4.27. The maximum Gasteiger partial charge on any atom is 0.332 e. The Bertz CT molecular complexity index is 1110. The van der Waals surface area contributed by atoms with E-state index in [1.807, 2.05) is 12.1 Å². The average Bonchev–Trinajstić information content (AvgIpc) is 2.85. The van der Waals surface area contributed by atoms with Gasteiger partial charge in [0, 0.05) is 6.54 Å². The van der Waals surface area contributed by atoms with Crippen molar-refractivity contribution < 1.29 is 12.6 Å². The fraction of sp³-hybridized carbons (Fsp3) is 0.296. The van der Waals surface area contributed by atoms with Gasteiger partial charge in [0.15, 0.2) is 23.0 Å². The van der Waals surface area contributed by atoms with E-state index in [0.29, 0.717) is 13.2 Å². The Balaban J connectivity index is 1.44. The van der Waals surface area contributed by atoms with E-state index in [0.717, 1.165) is 41.6 Å². The molecule has 6 heteroatoms. The number of likely N-dealkylation sites (tertiary alicyclic amines) is 1. The Kier molecular flexibility index (Phi) is 8.44. The van der Waals surface area contributed by atoms with E-state index >= 15 is 0 Å². The summed E-state index contributed by atoms with van der Waals surface area (Å²) in [6.07, 6.45) is 3.02. The van der Waals surface area contributed by atoms with Crippen molar-refractivity contribution >= 4 is 44.9 Å². The molecule has 1 atom stereocenters.